The van der Waals surface area contributed by atoms with Crippen LogP contribution in [-0.2, 0) is 6.61 Å². The molecule has 0 fully saturated rings. The van der Waals surface area contributed by atoms with E-state index >= 15 is 0 Å². The van der Waals surface area contributed by atoms with E-state index in [1.54, 1.807) is 12.4 Å². The second-order valence-electron chi connectivity index (χ2n) is 4.66. The molecule has 0 amide bonds. The van der Waals surface area contributed by atoms with Crippen molar-refractivity contribution in [1.82, 2.24) is 9.97 Å². The van der Waals surface area contributed by atoms with Crippen molar-refractivity contribution in [2.75, 3.05) is 12.4 Å². The SMILES string of the molecule is CNc1cnc(COc2c(C)cc(C)cc2C)cn1. The molecule has 2 rings (SSSR count). The molecule has 0 spiro atoms. The number of nitrogens with one attached hydrogen (secondary N) is 1. The van der Waals surface area contributed by atoms with Gasteiger partial charge in [0.15, 0.2) is 0 Å². The number of aromatic nitrogens is 2. The van der Waals surface area contributed by atoms with Gasteiger partial charge in [0.2, 0.25) is 0 Å². The van der Waals surface area contributed by atoms with Gasteiger partial charge in [-0.15, -0.1) is 0 Å². The lowest BCUT2D eigenvalue weighted by atomic mass is 10.1. The van der Waals surface area contributed by atoms with Crippen LogP contribution >= 0.6 is 0 Å². The smallest absolute Gasteiger partial charge is 0.144 e. The zero-order valence-electron chi connectivity index (χ0n) is 11.8. The zero-order valence-corrected chi connectivity index (χ0v) is 11.8. The van der Waals surface area contributed by atoms with E-state index in [0.29, 0.717) is 6.61 Å². The van der Waals surface area contributed by atoms with Gasteiger partial charge in [0.05, 0.1) is 18.1 Å². The standard InChI is InChI=1S/C15H19N3O/c1-10-5-11(2)15(12(3)6-10)19-9-13-7-18-14(16-4)8-17-13/h5-8H,9H2,1-4H3,(H,16,18). The normalized spacial score (nSPS) is 10.3. The highest BCUT2D eigenvalue weighted by Gasteiger charge is 2.06. The summed E-state index contributed by atoms with van der Waals surface area (Å²) in [4.78, 5) is 8.51. The molecule has 100 valence electrons. The summed E-state index contributed by atoms with van der Waals surface area (Å²) >= 11 is 0. The molecule has 0 saturated heterocycles. The van der Waals surface area contributed by atoms with Crippen molar-refractivity contribution >= 4 is 5.82 Å². The summed E-state index contributed by atoms with van der Waals surface area (Å²) in [5.41, 5.74) is 4.37. The molecule has 0 unspecified atom stereocenters. The molecule has 4 nitrogen and oxygen atoms in total. The van der Waals surface area contributed by atoms with Gasteiger partial charge in [0.25, 0.3) is 0 Å². The molecule has 0 radical (unpaired) electrons. The van der Waals surface area contributed by atoms with Crippen LogP contribution in [0.1, 0.15) is 22.4 Å². The molecule has 1 aromatic heterocycles. The van der Waals surface area contributed by atoms with E-state index in [1.807, 2.05) is 7.05 Å². The summed E-state index contributed by atoms with van der Waals surface area (Å²) in [7, 11) is 1.82. The Morgan fingerprint density at radius 3 is 2.26 bits per heavy atom. The molecule has 1 N–H and O–H groups in total. The Hall–Kier alpha value is -2.10. The van der Waals surface area contributed by atoms with Crippen LogP contribution in [0.25, 0.3) is 0 Å². The van der Waals surface area contributed by atoms with Gasteiger partial charge in [-0.05, 0) is 31.9 Å². The number of hydrogen-bond acceptors (Lipinski definition) is 4. The highest BCUT2D eigenvalue weighted by Crippen LogP contribution is 2.25. The first-order valence-electron chi connectivity index (χ1n) is 6.29. The van der Waals surface area contributed by atoms with Crippen LogP contribution in [-0.4, -0.2) is 17.0 Å². The summed E-state index contributed by atoms with van der Waals surface area (Å²) in [5.74, 6) is 1.69. The van der Waals surface area contributed by atoms with E-state index in [0.717, 1.165) is 28.4 Å². The Kier molecular flexibility index (Phi) is 4.00. The second kappa shape index (κ2) is 5.69. The van der Waals surface area contributed by atoms with Crippen LogP contribution < -0.4 is 10.1 Å². The van der Waals surface area contributed by atoms with Crippen molar-refractivity contribution in [2.24, 2.45) is 0 Å². The average molecular weight is 257 g/mol. The van der Waals surface area contributed by atoms with E-state index in [-0.39, 0.29) is 0 Å². The van der Waals surface area contributed by atoms with Gasteiger partial charge in [-0.25, -0.2) is 4.98 Å². The largest absolute Gasteiger partial charge is 0.487 e. The Balaban J connectivity index is 2.10. The van der Waals surface area contributed by atoms with Crippen molar-refractivity contribution < 1.29 is 4.74 Å². The van der Waals surface area contributed by atoms with Crippen LogP contribution in [0.4, 0.5) is 5.82 Å². The van der Waals surface area contributed by atoms with Crippen LogP contribution in [0.15, 0.2) is 24.5 Å². The molecule has 0 aliphatic rings. The molecule has 4 heteroatoms. The minimum atomic E-state index is 0.432. The first-order valence-corrected chi connectivity index (χ1v) is 6.29. The first-order chi connectivity index (χ1) is 9.10. The Labute approximate surface area is 113 Å². The van der Waals surface area contributed by atoms with Crippen molar-refractivity contribution in [3.63, 3.8) is 0 Å². The topological polar surface area (TPSA) is 47.0 Å². The quantitative estimate of drug-likeness (QED) is 0.914. The Morgan fingerprint density at radius 1 is 1.05 bits per heavy atom. The third kappa shape index (κ3) is 3.22. The number of benzene rings is 1. The number of aryl methyl sites for hydroxylation is 3. The maximum Gasteiger partial charge on any atom is 0.144 e. The Morgan fingerprint density at radius 2 is 1.74 bits per heavy atom. The predicted molar refractivity (Wildman–Crippen MR) is 76.6 cm³/mol. The lowest BCUT2D eigenvalue weighted by Crippen LogP contribution is -2.03. The number of ether oxygens (including phenoxy) is 1. The van der Waals surface area contributed by atoms with Crippen molar-refractivity contribution in [2.45, 2.75) is 27.4 Å². The zero-order chi connectivity index (χ0) is 13.8. The van der Waals surface area contributed by atoms with E-state index in [4.69, 9.17) is 4.74 Å². The molecule has 0 aliphatic heterocycles. The highest BCUT2D eigenvalue weighted by molar-refractivity contribution is 5.43. The summed E-state index contributed by atoms with van der Waals surface area (Å²) in [5, 5.41) is 2.94. The first kappa shape index (κ1) is 13.3. The molecule has 0 atom stereocenters. The van der Waals surface area contributed by atoms with Gasteiger partial charge < -0.3 is 10.1 Å². The third-order valence-corrected chi connectivity index (χ3v) is 2.93. The van der Waals surface area contributed by atoms with Crippen LogP contribution in [0.2, 0.25) is 0 Å². The van der Waals surface area contributed by atoms with Crippen LogP contribution in [0.3, 0.4) is 0 Å². The maximum absolute atomic E-state index is 5.86. The van der Waals surface area contributed by atoms with Gasteiger partial charge in [-0.1, -0.05) is 17.7 Å². The third-order valence-electron chi connectivity index (χ3n) is 2.93. The number of rotatable bonds is 4. The molecule has 19 heavy (non-hydrogen) atoms. The molecule has 0 bridgehead atoms. The van der Waals surface area contributed by atoms with Crippen LogP contribution in [0.5, 0.6) is 5.75 Å². The van der Waals surface area contributed by atoms with Gasteiger partial charge in [0.1, 0.15) is 18.2 Å². The highest BCUT2D eigenvalue weighted by atomic mass is 16.5. The number of hydrogen-bond donors (Lipinski definition) is 1. The number of anilines is 1. The van der Waals surface area contributed by atoms with Gasteiger partial charge >= 0.3 is 0 Å². The number of nitrogens with zero attached hydrogens (tertiary/aromatic N) is 2. The molecule has 0 aliphatic carbocycles. The summed E-state index contributed by atoms with van der Waals surface area (Å²) in [6.07, 6.45) is 3.43. The minimum Gasteiger partial charge on any atom is -0.487 e. The average Bonchev–Trinajstić information content (AvgIpc) is 2.38. The van der Waals surface area contributed by atoms with Crippen molar-refractivity contribution in [3.8, 4) is 5.75 Å². The van der Waals surface area contributed by atoms with E-state index in [9.17, 15) is 0 Å². The fraction of sp³-hybridized carbons (Fsp3) is 0.333. The summed E-state index contributed by atoms with van der Waals surface area (Å²) in [6.45, 7) is 6.64. The fourth-order valence-electron chi connectivity index (χ4n) is 2.10. The minimum absolute atomic E-state index is 0.432. The lowest BCUT2D eigenvalue weighted by molar-refractivity contribution is 0.296. The van der Waals surface area contributed by atoms with E-state index in [2.05, 4.69) is 48.2 Å². The summed E-state index contributed by atoms with van der Waals surface area (Å²) < 4.78 is 5.86. The Bertz CT molecular complexity index is 541. The molecule has 2 aromatic rings. The maximum atomic E-state index is 5.86. The lowest BCUT2D eigenvalue weighted by Gasteiger charge is -2.12. The molecule has 1 aromatic carbocycles. The van der Waals surface area contributed by atoms with Gasteiger partial charge in [-0.3, -0.25) is 4.98 Å². The monoisotopic (exact) mass is 257 g/mol. The van der Waals surface area contributed by atoms with E-state index < -0.39 is 0 Å². The summed E-state index contributed by atoms with van der Waals surface area (Å²) in [6, 6.07) is 4.25. The van der Waals surface area contributed by atoms with Crippen molar-refractivity contribution in [1.29, 1.82) is 0 Å². The second-order valence-corrected chi connectivity index (χ2v) is 4.66. The van der Waals surface area contributed by atoms with E-state index in [1.165, 1.54) is 5.56 Å². The van der Waals surface area contributed by atoms with Crippen LogP contribution in [0, 0.1) is 20.8 Å². The molecular weight excluding hydrogens is 238 g/mol. The molecule has 0 saturated carbocycles. The van der Waals surface area contributed by atoms with Gasteiger partial charge in [-0.2, -0.15) is 0 Å². The molecule has 1 heterocycles. The fourth-order valence-corrected chi connectivity index (χ4v) is 2.10. The van der Waals surface area contributed by atoms with Gasteiger partial charge in [0, 0.05) is 7.05 Å². The predicted octanol–water partition coefficient (Wildman–Crippen LogP) is 3.02. The molecular formula is C15H19N3O. The van der Waals surface area contributed by atoms with Crippen molar-refractivity contribution in [3.05, 3.63) is 46.9 Å².